The zero-order chi connectivity index (χ0) is 10.1. The molecule has 1 atom stereocenters. The summed E-state index contributed by atoms with van der Waals surface area (Å²) >= 11 is 0. The van der Waals surface area contributed by atoms with E-state index >= 15 is 0 Å². The third kappa shape index (κ3) is 1.23. The first-order valence-corrected chi connectivity index (χ1v) is 4.75. The van der Waals surface area contributed by atoms with Gasteiger partial charge in [0.05, 0.1) is 6.04 Å². The highest BCUT2D eigenvalue weighted by Crippen LogP contribution is 2.32. The molecule has 0 radical (unpaired) electrons. The highest BCUT2D eigenvalue weighted by Gasteiger charge is 2.28. The summed E-state index contributed by atoms with van der Waals surface area (Å²) in [6.07, 6.45) is 1.38. The Morgan fingerprint density at radius 3 is 2.93 bits per heavy atom. The fourth-order valence-electron chi connectivity index (χ4n) is 1.96. The fourth-order valence-corrected chi connectivity index (χ4v) is 1.96. The first-order chi connectivity index (χ1) is 6.74. The molecule has 72 valence electrons. The number of benzene rings is 1. The van der Waals surface area contributed by atoms with E-state index in [0.29, 0.717) is 6.54 Å². The minimum atomic E-state index is 0.00806. The molecule has 0 saturated heterocycles. The fraction of sp³-hybridized carbons (Fsp3) is 0.250. The Morgan fingerprint density at radius 2 is 2.29 bits per heavy atom. The molecule has 1 heterocycles. The molecular weight excluding hydrogens is 174 g/mol. The van der Waals surface area contributed by atoms with Crippen LogP contribution in [0, 0.1) is 0 Å². The molecular formula is C12H13NO. The molecule has 0 spiro atoms. The van der Waals surface area contributed by atoms with Crippen LogP contribution in [0.2, 0.25) is 0 Å². The lowest BCUT2D eigenvalue weighted by Crippen LogP contribution is -2.25. The van der Waals surface area contributed by atoms with Gasteiger partial charge in [0.1, 0.15) is 0 Å². The quantitative estimate of drug-likeness (QED) is 0.618. The zero-order valence-corrected chi connectivity index (χ0v) is 8.23. The number of nitrogens with zero attached hydrogens (tertiary/aromatic N) is 1. The normalized spacial score (nSPS) is 19.2. The highest BCUT2D eigenvalue weighted by molar-refractivity contribution is 5.87. The van der Waals surface area contributed by atoms with Crippen molar-refractivity contribution in [1.82, 2.24) is 4.90 Å². The zero-order valence-electron chi connectivity index (χ0n) is 8.23. The number of carbonyl (C=O) groups is 1. The van der Waals surface area contributed by atoms with E-state index in [4.69, 9.17) is 0 Å². The van der Waals surface area contributed by atoms with Gasteiger partial charge in [-0.25, -0.2) is 0 Å². The minimum Gasteiger partial charge on any atom is -0.328 e. The van der Waals surface area contributed by atoms with Crippen LogP contribution >= 0.6 is 0 Å². The van der Waals surface area contributed by atoms with Gasteiger partial charge in [0.2, 0.25) is 5.91 Å². The smallest absolute Gasteiger partial charge is 0.246 e. The van der Waals surface area contributed by atoms with Crippen LogP contribution in [0.15, 0.2) is 36.9 Å². The average molecular weight is 187 g/mol. The molecule has 0 bridgehead atoms. The lowest BCUT2D eigenvalue weighted by atomic mass is 10.1. The average Bonchev–Trinajstić information content (AvgIpc) is 2.56. The lowest BCUT2D eigenvalue weighted by Gasteiger charge is -2.19. The van der Waals surface area contributed by atoms with E-state index in [1.54, 1.807) is 0 Å². The molecule has 0 saturated carbocycles. The van der Waals surface area contributed by atoms with Crippen molar-refractivity contribution in [3.63, 3.8) is 0 Å². The van der Waals surface area contributed by atoms with Gasteiger partial charge in [-0.05, 0) is 24.1 Å². The number of rotatable bonds is 1. The first-order valence-electron chi connectivity index (χ1n) is 4.75. The predicted octanol–water partition coefficient (Wildman–Crippen LogP) is 2.28. The number of amides is 1. The van der Waals surface area contributed by atoms with Gasteiger partial charge in [-0.1, -0.05) is 30.8 Å². The Bertz CT molecular complexity index is 384. The van der Waals surface area contributed by atoms with Crippen LogP contribution in [0.5, 0.6) is 0 Å². The predicted molar refractivity (Wildman–Crippen MR) is 55.6 cm³/mol. The number of hydrogen-bond donors (Lipinski definition) is 0. The number of fused-ring (bicyclic) bond motifs is 1. The third-order valence-electron chi connectivity index (χ3n) is 2.77. The van der Waals surface area contributed by atoms with E-state index in [2.05, 4.69) is 18.7 Å². The Hall–Kier alpha value is -1.57. The second kappa shape index (κ2) is 3.29. The maximum Gasteiger partial charge on any atom is 0.246 e. The molecule has 0 fully saturated rings. The van der Waals surface area contributed by atoms with E-state index in [1.807, 2.05) is 24.0 Å². The molecule has 0 N–H and O–H groups in total. The van der Waals surface area contributed by atoms with Crippen molar-refractivity contribution in [3.05, 3.63) is 48.0 Å². The van der Waals surface area contributed by atoms with Gasteiger partial charge in [-0.15, -0.1) is 0 Å². The summed E-state index contributed by atoms with van der Waals surface area (Å²) in [6.45, 7) is 6.27. The summed E-state index contributed by atoms with van der Waals surface area (Å²) in [4.78, 5) is 13.3. The minimum absolute atomic E-state index is 0.00806. The van der Waals surface area contributed by atoms with Gasteiger partial charge in [0.25, 0.3) is 0 Å². The van der Waals surface area contributed by atoms with Crippen molar-refractivity contribution in [1.29, 1.82) is 0 Å². The van der Waals surface area contributed by atoms with Crippen LogP contribution in [0.4, 0.5) is 0 Å². The molecule has 14 heavy (non-hydrogen) atoms. The van der Waals surface area contributed by atoms with Crippen LogP contribution < -0.4 is 0 Å². The summed E-state index contributed by atoms with van der Waals surface area (Å²) in [5.74, 6) is 0.00806. The summed E-state index contributed by atoms with van der Waals surface area (Å²) in [5.41, 5.74) is 2.50. The highest BCUT2D eigenvalue weighted by atomic mass is 16.2. The lowest BCUT2D eigenvalue weighted by molar-refractivity contribution is -0.127. The van der Waals surface area contributed by atoms with E-state index in [-0.39, 0.29) is 11.9 Å². The van der Waals surface area contributed by atoms with Crippen LogP contribution in [0.1, 0.15) is 24.1 Å². The van der Waals surface area contributed by atoms with Crippen molar-refractivity contribution >= 4 is 5.91 Å². The number of hydrogen-bond acceptors (Lipinski definition) is 1. The molecule has 1 aliphatic rings. The second-order valence-electron chi connectivity index (χ2n) is 3.55. The van der Waals surface area contributed by atoms with Crippen molar-refractivity contribution in [2.45, 2.75) is 19.5 Å². The molecule has 0 aliphatic carbocycles. The van der Waals surface area contributed by atoms with Gasteiger partial charge in [-0.3, -0.25) is 4.79 Å². The Balaban J connectivity index is 2.34. The van der Waals surface area contributed by atoms with Crippen LogP contribution in [-0.2, 0) is 11.3 Å². The van der Waals surface area contributed by atoms with Crippen molar-refractivity contribution in [3.8, 4) is 0 Å². The second-order valence-corrected chi connectivity index (χ2v) is 3.55. The van der Waals surface area contributed by atoms with Crippen molar-refractivity contribution in [2.24, 2.45) is 0 Å². The topological polar surface area (TPSA) is 20.3 Å². The van der Waals surface area contributed by atoms with E-state index in [1.165, 1.54) is 17.2 Å². The van der Waals surface area contributed by atoms with Gasteiger partial charge in [0, 0.05) is 6.54 Å². The Kier molecular flexibility index (Phi) is 2.12. The van der Waals surface area contributed by atoms with Crippen molar-refractivity contribution in [2.75, 3.05) is 0 Å². The largest absolute Gasteiger partial charge is 0.328 e. The summed E-state index contributed by atoms with van der Waals surface area (Å²) in [5, 5.41) is 0. The van der Waals surface area contributed by atoms with E-state index in [9.17, 15) is 4.79 Å². The summed E-state index contributed by atoms with van der Waals surface area (Å²) < 4.78 is 0. The molecule has 1 aliphatic heterocycles. The molecule has 2 heteroatoms. The van der Waals surface area contributed by atoms with Crippen LogP contribution in [-0.4, -0.2) is 10.8 Å². The molecule has 1 aromatic carbocycles. The third-order valence-corrected chi connectivity index (χ3v) is 2.77. The maximum atomic E-state index is 11.5. The van der Waals surface area contributed by atoms with Gasteiger partial charge >= 0.3 is 0 Å². The Labute approximate surface area is 83.8 Å². The standard InChI is InChI=1S/C12H13NO/c1-3-12(14)13-8-10-6-4-5-7-11(10)9(13)2/h3-7,9H,1,8H2,2H3. The first kappa shape index (κ1) is 9.00. The van der Waals surface area contributed by atoms with Gasteiger partial charge < -0.3 is 4.90 Å². The van der Waals surface area contributed by atoms with E-state index < -0.39 is 0 Å². The van der Waals surface area contributed by atoms with Gasteiger partial charge in [0.15, 0.2) is 0 Å². The summed E-state index contributed by atoms with van der Waals surface area (Å²) in [7, 11) is 0. The molecule has 1 unspecified atom stereocenters. The maximum absolute atomic E-state index is 11.5. The molecule has 0 aromatic heterocycles. The van der Waals surface area contributed by atoms with Crippen molar-refractivity contribution < 1.29 is 4.79 Å². The Morgan fingerprint density at radius 1 is 1.57 bits per heavy atom. The van der Waals surface area contributed by atoms with Crippen LogP contribution in [0.3, 0.4) is 0 Å². The number of carbonyl (C=O) groups excluding carboxylic acids is 1. The van der Waals surface area contributed by atoms with E-state index in [0.717, 1.165) is 0 Å². The SMILES string of the molecule is C=CC(=O)N1Cc2ccccc2C1C. The molecule has 2 nitrogen and oxygen atoms in total. The van der Waals surface area contributed by atoms with Gasteiger partial charge in [-0.2, -0.15) is 0 Å². The summed E-state index contributed by atoms with van der Waals surface area (Å²) in [6, 6.07) is 8.35. The molecule has 1 amide bonds. The van der Waals surface area contributed by atoms with Crippen LogP contribution in [0.25, 0.3) is 0 Å². The molecule has 2 rings (SSSR count). The monoisotopic (exact) mass is 187 g/mol. The molecule has 1 aromatic rings.